The number of carbonyl (C=O) groups is 1. The fourth-order valence-corrected chi connectivity index (χ4v) is 5.89. The van der Waals surface area contributed by atoms with E-state index in [1.807, 2.05) is 26.0 Å². The van der Waals surface area contributed by atoms with Crippen molar-refractivity contribution >= 4 is 11.5 Å². The van der Waals surface area contributed by atoms with Crippen LogP contribution in [0.15, 0.2) is 61.1 Å². The lowest BCUT2D eigenvalue weighted by atomic mass is 9.79. The Kier molecular flexibility index (Phi) is 6.67. The SMILES string of the molecule is COC(=O)C1CCC2(C=C(c3cc(-n4cncc4C(F)(F)F)ccc3C(C)C)CO2)C1c1ccc(F)cc1. The number of nitrogens with zero attached hydrogens (tertiary/aromatic N) is 2. The van der Waals surface area contributed by atoms with Crippen molar-refractivity contribution in [2.45, 2.75) is 50.3 Å². The van der Waals surface area contributed by atoms with Gasteiger partial charge in [-0.15, -0.1) is 0 Å². The van der Waals surface area contributed by atoms with E-state index < -0.39 is 29.3 Å². The van der Waals surface area contributed by atoms with Crippen LogP contribution in [0.25, 0.3) is 11.3 Å². The third-order valence-electron chi connectivity index (χ3n) is 7.63. The van der Waals surface area contributed by atoms with E-state index in [1.54, 1.807) is 24.3 Å². The molecule has 0 radical (unpaired) electrons. The van der Waals surface area contributed by atoms with Gasteiger partial charge in [-0.1, -0.05) is 32.0 Å². The van der Waals surface area contributed by atoms with Crippen LogP contribution in [0.2, 0.25) is 0 Å². The summed E-state index contributed by atoms with van der Waals surface area (Å²) in [5, 5.41) is 0. The molecule has 1 spiro atoms. The van der Waals surface area contributed by atoms with E-state index in [9.17, 15) is 22.4 Å². The van der Waals surface area contributed by atoms with Crippen molar-refractivity contribution in [2.24, 2.45) is 5.92 Å². The maximum absolute atomic E-state index is 13.7. The van der Waals surface area contributed by atoms with Gasteiger partial charge in [0.05, 0.1) is 37.8 Å². The Labute approximate surface area is 218 Å². The number of imidazole rings is 1. The molecule has 2 heterocycles. The third-order valence-corrected chi connectivity index (χ3v) is 7.63. The molecule has 5 rings (SSSR count). The van der Waals surface area contributed by atoms with E-state index in [-0.39, 0.29) is 24.3 Å². The average molecular weight is 529 g/mol. The third kappa shape index (κ3) is 4.53. The van der Waals surface area contributed by atoms with Crippen molar-refractivity contribution in [3.63, 3.8) is 0 Å². The van der Waals surface area contributed by atoms with E-state index in [1.165, 1.54) is 19.2 Å². The first kappa shape index (κ1) is 26.2. The van der Waals surface area contributed by atoms with Gasteiger partial charge >= 0.3 is 12.1 Å². The number of alkyl halides is 3. The molecule has 0 amide bonds. The Hall–Kier alpha value is -3.46. The molecule has 1 saturated carbocycles. The molecule has 1 aliphatic heterocycles. The van der Waals surface area contributed by atoms with E-state index in [0.29, 0.717) is 18.5 Å². The highest BCUT2D eigenvalue weighted by Crippen LogP contribution is 2.54. The van der Waals surface area contributed by atoms with E-state index in [0.717, 1.165) is 39.4 Å². The van der Waals surface area contributed by atoms with Crippen molar-refractivity contribution < 1.29 is 31.8 Å². The highest BCUT2D eigenvalue weighted by Gasteiger charge is 2.54. The van der Waals surface area contributed by atoms with Crippen molar-refractivity contribution in [2.75, 3.05) is 13.7 Å². The number of carbonyl (C=O) groups excluding carboxylic acids is 1. The summed E-state index contributed by atoms with van der Waals surface area (Å²) in [7, 11) is 1.34. The first-order valence-corrected chi connectivity index (χ1v) is 12.5. The first-order valence-electron chi connectivity index (χ1n) is 12.5. The number of aromatic nitrogens is 2. The summed E-state index contributed by atoms with van der Waals surface area (Å²) in [5.41, 5.74) is 2.00. The number of ether oxygens (including phenoxy) is 2. The van der Waals surface area contributed by atoms with Crippen molar-refractivity contribution in [1.82, 2.24) is 9.55 Å². The molecule has 0 N–H and O–H groups in total. The molecule has 38 heavy (non-hydrogen) atoms. The minimum atomic E-state index is -4.55. The highest BCUT2D eigenvalue weighted by molar-refractivity contribution is 5.78. The molecule has 3 atom stereocenters. The van der Waals surface area contributed by atoms with E-state index in [2.05, 4.69) is 4.98 Å². The summed E-state index contributed by atoms with van der Waals surface area (Å²) in [5.74, 6) is -1.51. The lowest BCUT2D eigenvalue weighted by Gasteiger charge is -2.31. The molecule has 0 saturated heterocycles. The average Bonchev–Trinajstić information content (AvgIpc) is 3.63. The van der Waals surface area contributed by atoms with Gasteiger partial charge in [-0.3, -0.25) is 9.36 Å². The minimum absolute atomic E-state index is 0.0978. The Morgan fingerprint density at radius 1 is 1.18 bits per heavy atom. The first-order chi connectivity index (χ1) is 18.0. The molecule has 1 aromatic heterocycles. The van der Waals surface area contributed by atoms with Crippen LogP contribution >= 0.6 is 0 Å². The Morgan fingerprint density at radius 2 is 1.92 bits per heavy atom. The number of methoxy groups -OCH3 is 1. The molecule has 1 fully saturated rings. The van der Waals surface area contributed by atoms with E-state index in [4.69, 9.17) is 9.47 Å². The Morgan fingerprint density at radius 3 is 2.58 bits per heavy atom. The van der Waals surface area contributed by atoms with Gasteiger partial charge < -0.3 is 9.47 Å². The van der Waals surface area contributed by atoms with Crippen LogP contribution in [0.5, 0.6) is 0 Å². The molecule has 0 bridgehead atoms. The van der Waals surface area contributed by atoms with Gasteiger partial charge in [0.25, 0.3) is 0 Å². The standard InChI is InChI=1S/C29H28F4N2O3/c1-17(2)22-9-8-21(35-16-34-14-25(35)29(31,32)33)12-24(22)19-13-28(38-15-19)11-10-23(27(36)37-3)26(28)18-4-6-20(30)7-5-18/h4-9,12-14,16-17,23,26H,10-11,15H2,1-3H3. The summed E-state index contributed by atoms with van der Waals surface area (Å²) < 4.78 is 67.0. The zero-order valence-electron chi connectivity index (χ0n) is 21.3. The number of hydrogen-bond donors (Lipinski definition) is 0. The summed E-state index contributed by atoms with van der Waals surface area (Å²) in [6.45, 7) is 4.27. The normalized spacial score (nSPS) is 23.3. The van der Waals surface area contributed by atoms with Crippen LogP contribution < -0.4 is 0 Å². The number of rotatable bonds is 5. The van der Waals surface area contributed by atoms with E-state index >= 15 is 0 Å². The lowest BCUT2D eigenvalue weighted by Crippen LogP contribution is -2.34. The topological polar surface area (TPSA) is 53.4 Å². The quantitative estimate of drug-likeness (QED) is 0.274. The van der Waals surface area contributed by atoms with Gasteiger partial charge in [0, 0.05) is 11.6 Å². The summed E-state index contributed by atoms with van der Waals surface area (Å²) in [4.78, 5) is 16.4. The second-order valence-electron chi connectivity index (χ2n) is 10.2. The van der Waals surface area contributed by atoms with Crippen LogP contribution in [-0.2, 0) is 20.4 Å². The summed E-state index contributed by atoms with van der Waals surface area (Å²) in [6.07, 6.45) is 0.492. The summed E-state index contributed by atoms with van der Waals surface area (Å²) >= 11 is 0. The van der Waals surface area contributed by atoms with Crippen LogP contribution in [0.3, 0.4) is 0 Å². The Balaban J connectivity index is 1.61. The van der Waals surface area contributed by atoms with Gasteiger partial charge in [-0.05, 0) is 71.4 Å². The molecular weight excluding hydrogens is 500 g/mol. The molecule has 200 valence electrons. The predicted octanol–water partition coefficient (Wildman–Crippen LogP) is 6.67. The number of benzene rings is 2. The van der Waals surface area contributed by atoms with Crippen molar-refractivity contribution in [3.8, 4) is 5.69 Å². The smallest absolute Gasteiger partial charge is 0.433 e. The molecule has 1 aliphatic carbocycles. The van der Waals surface area contributed by atoms with Crippen molar-refractivity contribution in [1.29, 1.82) is 0 Å². The molecule has 5 nitrogen and oxygen atoms in total. The van der Waals surface area contributed by atoms with Crippen LogP contribution in [0.4, 0.5) is 17.6 Å². The van der Waals surface area contributed by atoms with Crippen LogP contribution in [0, 0.1) is 11.7 Å². The lowest BCUT2D eigenvalue weighted by molar-refractivity contribution is -0.146. The maximum atomic E-state index is 13.7. The van der Waals surface area contributed by atoms with Gasteiger partial charge in [0.2, 0.25) is 0 Å². The van der Waals surface area contributed by atoms with Gasteiger partial charge in [0.1, 0.15) is 11.5 Å². The second-order valence-corrected chi connectivity index (χ2v) is 10.2. The number of esters is 1. The monoisotopic (exact) mass is 528 g/mol. The van der Waals surface area contributed by atoms with Gasteiger partial charge in [0.15, 0.2) is 0 Å². The van der Waals surface area contributed by atoms with Gasteiger partial charge in [-0.25, -0.2) is 9.37 Å². The van der Waals surface area contributed by atoms with Crippen LogP contribution in [-0.4, -0.2) is 34.8 Å². The fourth-order valence-electron chi connectivity index (χ4n) is 5.89. The molecule has 3 aromatic rings. The van der Waals surface area contributed by atoms with Gasteiger partial charge in [-0.2, -0.15) is 13.2 Å². The van der Waals surface area contributed by atoms with Crippen LogP contribution in [0.1, 0.15) is 60.9 Å². The van der Waals surface area contributed by atoms with Crippen molar-refractivity contribution in [3.05, 3.63) is 89.3 Å². The number of hydrogen-bond acceptors (Lipinski definition) is 4. The maximum Gasteiger partial charge on any atom is 0.433 e. The predicted molar refractivity (Wildman–Crippen MR) is 133 cm³/mol. The zero-order chi connectivity index (χ0) is 27.2. The highest BCUT2D eigenvalue weighted by atomic mass is 19.4. The number of halogens is 4. The molecule has 9 heteroatoms. The fraction of sp³-hybridized carbons (Fsp3) is 0.379. The molecule has 2 aromatic carbocycles. The molecule has 3 unspecified atom stereocenters. The molecule has 2 aliphatic rings. The molecular formula is C29H28F4N2O3. The second kappa shape index (κ2) is 9.69. The largest absolute Gasteiger partial charge is 0.469 e. The summed E-state index contributed by atoms with van der Waals surface area (Å²) in [6, 6.07) is 11.3. The zero-order valence-corrected chi connectivity index (χ0v) is 21.3. The minimum Gasteiger partial charge on any atom is -0.469 e. The Bertz CT molecular complexity index is 1380.